The first kappa shape index (κ1) is 24.0. The van der Waals surface area contributed by atoms with Gasteiger partial charge in [0.15, 0.2) is 5.82 Å². The summed E-state index contributed by atoms with van der Waals surface area (Å²) in [4.78, 5) is 17.7. The minimum absolute atomic E-state index is 0.0369. The summed E-state index contributed by atoms with van der Waals surface area (Å²) in [7, 11) is 0. The van der Waals surface area contributed by atoms with Crippen LogP contribution in [0.25, 0.3) is 22.3 Å². The molecular weight excluding hydrogens is 535 g/mol. The smallest absolute Gasteiger partial charge is 0.416 e. The van der Waals surface area contributed by atoms with Crippen molar-refractivity contribution in [2.75, 3.05) is 6.61 Å². The van der Waals surface area contributed by atoms with Gasteiger partial charge in [-0.2, -0.15) is 22.9 Å². The first-order valence-corrected chi connectivity index (χ1v) is 11.2. The van der Waals surface area contributed by atoms with E-state index in [4.69, 9.17) is 16.3 Å². The van der Waals surface area contributed by atoms with E-state index in [9.17, 15) is 18.0 Å². The number of ether oxygens (including phenoxy) is 1. The monoisotopic (exact) mass is 549 g/mol. The number of hydrogen-bond acceptors (Lipinski definition) is 4. The number of hydrogen-bond donors (Lipinski definition) is 0. The highest BCUT2D eigenvalue weighted by molar-refractivity contribution is 9.10. The number of benzene rings is 3. The third-order valence-electron chi connectivity index (χ3n) is 4.84. The molecule has 1 aromatic heterocycles. The Bertz CT molecular complexity index is 1470. The zero-order chi connectivity index (χ0) is 24.5. The first-order valence-electron chi connectivity index (χ1n) is 10.0. The number of fused-ring (bicyclic) bond motifs is 1. The van der Waals surface area contributed by atoms with Gasteiger partial charge < -0.3 is 4.74 Å². The summed E-state index contributed by atoms with van der Waals surface area (Å²) >= 11 is 9.56. The molecule has 0 saturated carbocycles. The van der Waals surface area contributed by atoms with E-state index < -0.39 is 17.3 Å². The van der Waals surface area contributed by atoms with Crippen molar-refractivity contribution in [3.63, 3.8) is 0 Å². The molecule has 0 N–H and O–H groups in total. The van der Waals surface area contributed by atoms with Gasteiger partial charge in [0.05, 0.1) is 33.8 Å². The predicted molar refractivity (Wildman–Crippen MR) is 130 cm³/mol. The average Bonchev–Trinajstić information content (AvgIpc) is 2.80. The number of para-hydroxylation sites is 1. The second-order valence-corrected chi connectivity index (χ2v) is 8.42. The highest BCUT2D eigenvalue weighted by Crippen LogP contribution is 2.33. The van der Waals surface area contributed by atoms with Crippen molar-refractivity contribution < 1.29 is 17.9 Å². The van der Waals surface area contributed by atoms with E-state index >= 15 is 0 Å². The summed E-state index contributed by atoms with van der Waals surface area (Å²) in [6, 6.07) is 14.4. The lowest BCUT2D eigenvalue weighted by molar-refractivity contribution is -0.137. The number of nitrogens with zero attached hydrogens (tertiary/aromatic N) is 3. The van der Waals surface area contributed by atoms with E-state index in [2.05, 4.69) is 26.0 Å². The molecule has 3 aromatic carbocycles. The Labute approximate surface area is 205 Å². The van der Waals surface area contributed by atoms with Gasteiger partial charge >= 0.3 is 6.18 Å². The number of rotatable bonds is 5. The molecule has 0 radical (unpaired) electrons. The molecule has 10 heteroatoms. The fraction of sp³-hybridized carbons (Fsp3) is 0.125. The molecule has 1 heterocycles. The molecule has 174 valence electrons. The van der Waals surface area contributed by atoms with Gasteiger partial charge in [-0.15, -0.1) is 0 Å². The van der Waals surface area contributed by atoms with Crippen LogP contribution in [0.3, 0.4) is 0 Å². The first-order chi connectivity index (χ1) is 16.2. The summed E-state index contributed by atoms with van der Waals surface area (Å²) in [6.07, 6.45) is -3.20. The molecule has 34 heavy (non-hydrogen) atoms. The minimum Gasteiger partial charge on any atom is -0.492 e. The zero-order valence-electron chi connectivity index (χ0n) is 17.6. The van der Waals surface area contributed by atoms with Crippen molar-refractivity contribution >= 4 is 44.6 Å². The van der Waals surface area contributed by atoms with Crippen LogP contribution < -0.4 is 10.3 Å². The highest BCUT2D eigenvalue weighted by atomic mass is 79.9. The second-order valence-electron chi connectivity index (χ2n) is 7.13. The maximum atomic E-state index is 13.3. The third kappa shape index (κ3) is 4.85. The minimum atomic E-state index is -4.55. The predicted octanol–water partition coefficient (Wildman–Crippen LogP) is 6.78. The van der Waals surface area contributed by atoms with Gasteiger partial charge in [-0.25, -0.2) is 4.98 Å². The Morgan fingerprint density at radius 3 is 2.65 bits per heavy atom. The van der Waals surface area contributed by atoms with E-state index in [-0.39, 0.29) is 16.8 Å². The highest BCUT2D eigenvalue weighted by Gasteiger charge is 2.31. The zero-order valence-corrected chi connectivity index (χ0v) is 19.9. The average molecular weight is 551 g/mol. The maximum absolute atomic E-state index is 13.3. The van der Waals surface area contributed by atoms with Gasteiger partial charge in [-0.05, 0) is 59.3 Å². The molecule has 0 saturated heterocycles. The Balaban J connectivity index is 1.95. The molecule has 0 unspecified atom stereocenters. The van der Waals surface area contributed by atoms with Gasteiger partial charge in [0, 0.05) is 16.1 Å². The molecular formula is C24H16BrClF3N3O2. The molecule has 0 aliphatic heterocycles. The molecule has 5 nitrogen and oxygen atoms in total. The lowest BCUT2D eigenvalue weighted by atomic mass is 10.1. The van der Waals surface area contributed by atoms with Crippen molar-refractivity contribution in [3.8, 4) is 17.1 Å². The van der Waals surface area contributed by atoms with E-state index in [1.807, 2.05) is 6.92 Å². The van der Waals surface area contributed by atoms with Crippen molar-refractivity contribution in [2.45, 2.75) is 13.1 Å². The molecule has 0 aliphatic carbocycles. The van der Waals surface area contributed by atoms with E-state index in [1.165, 1.54) is 18.3 Å². The number of alkyl halides is 3. The van der Waals surface area contributed by atoms with E-state index in [0.29, 0.717) is 32.9 Å². The van der Waals surface area contributed by atoms with Crippen LogP contribution in [-0.2, 0) is 6.18 Å². The summed E-state index contributed by atoms with van der Waals surface area (Å²) < 4.78 is 47.2. The van der Waals surface area contributed by atoms with Crippen molar-refractivity contribution in [1.29, 1.82) is 0 Å². The summed E-state index contributed by atoms with van der Waals surface area (Å²) in [5, 5.41) is 4.97. The molecule has 4 rings (SSSR count). The van der Waals surface area contributed by atoms with E-state index in [0.717, 1.165) is 16.8 Å². The number of aromatic nitrogens is 2. The van der Waals surface area contributed by atoms with Crippen LogP contribution in [0.5, 0.6) is 5.75 Å². The molecule has 0 amide bonds. The standard InChI is InChI=1S/C24H16BrClF3N3O2/c1-2-34-21-15(11-17(26)12-19(21)25)13-30-32-22(14-6-5-7-16(10-14)24(27,28)29)31-20-9-4-3-8-18(20)23(32)33/h3-13H,2H2,1H3. The topological polar surface area (TPSA) is 56.5 Å². The Kier molecular flexibility index (Phi) is 6.77. The quantitative estimate of drug-likeness (QED) is 0.258. The lowest BCUT2D eigenvalue weighted by Crippen LogP contribution is -2.20. The van der Waals surface area contributed by atoms with Crippen LogP contribution in [0.15, 0.2) is 75.0 Å². The van der Waals surface area contributed by atoms with Gasteiger partial charge in [0.2, 0.25) is 0 Å². The van der Waals surface area contributed by atoms with Gasteiger partial charge in [-0.1, -0.05) is 35.9 Å². The van der Waals surface area contributed by atoms with Crippen molar-refractivity contribution in [1.82, 2.24) is 9.66 Å². The van der Waals surface area contributed by atoms with Crippen LogP contribution in [0, 0.1) is 0 Å². The van der Waals surface area contributed by atoms with Crippen LogP contribution in [-0.4, -0.2) is 22.5 Å². The van der Waals surface area contributed by atoms with E-state index in [1.54, 1.807) is 36.4 Å². The van der Waals surface area contributed by atoms with Gasteiger partial charge in [0.25, 0.3) is 5.56 Å². The molecule has 0 aliphatic rings. The fourth-order valence-corrected chi connectivity index (χ4v) is 4.29. The van der Waals surface area contributed by atoms with Gasteiger partial charge in [0.1, 0.15) is 5.75 Å². The molecule has 0 bridgehead atoms. The van der Waals surface area contributed by atoms with Crippen molar-refractivity contribution in [2.24, 2.45) is 5.10 Å². The molecule has 0 fully saturated rings. The fourth-order valence-electron chi connectivity index (χ4n) is 3.34. The SMILES string of the molecule is CCOc1c(Br)cc(Cl)cc1C=Nn1c(-c2cccc(C(F)(F)F)c2)nc2ccccc2c1=O. The molecule has 4 aromatic rings. The van der Waals surface area contributed by atoms with Crippen LogP contribution in [0.2, 0.25) is 5.02 Å². The lowest BCUT2D eigenvalue weighted by Gasteiger charge is -2.13. The van der Waals surface area contributed by atoms with Gasteiger partial charge in [-0.3, -0.25) is 4.79 Å². The maximum Gasteiger partial charge on any atom is 0.416 e. The Morgan fingerprint density at radius 2 is 1.91 bits per heavy atom. The van der Waals surface area contributed by atoms with Crippen LogP contribution in [0.1, 0.15) is 18.1 Å². The largest absolute Gasteiger partial charge is 0.492 e. The second kappa shape index (κ2) is 9.60. The number of halogens is 5. The normalized spacial score (nSPS) is 11.9. The molecule has 0 atom stereocenters. The Morgan fingerprint density at radius 1 is 1.15 bits per heavy atom. The summed E-state index contributed by atoms with van der Waals surface area (Å²) in [5.74, 6) is 0.420. The van der Waals surface area contributed by atoms with Crippen molar-refractivity contribution in [3.05, 3.63) is 91.6 Å². The van der Waals surface area contributed by atoms with Crippen LogP contribution >= 0.6 is 27.5 Å². The molecule has 0 spiro atoms. The van der Waals surface area contributed by atoms with Crippen LogP contribution in [0.4, 0.5) is 13.2 Å². The summed E-state index contributed by atoms with van der Waals surface area (Å²) in [5.41, 5.74) is -0.496. The summed E-state index contributed by atoms with van der Waals surface area (Å²) in [6.45, 7) is 2.18. The Hall–Kier alpha value is -3.17. The third-order valence-corrected chi connectivity index (χ3v) is 5.65.